The van der Waals surface area contributed by atoms with Crippen LogP contribution in [0.15, 0.2) is 83.9 Å². The molecule has 1 heterocycles. The molecular formula is C34H36ClNO. The first kappa shape index (κ1) is 25.5. The Morgan fingerprint density at radius 2 is 1.49 bits per heavy atom. The lowest BCUT2D eigenvalue weighted by atomic mass is 9.88. The average Bonchev–Trinajstić information content (AvgIpc) is 3.35. The number of rotatable bonds is 12. The molecule has 0 aliphatic carbocycles. The van der Waals surface area contributed by atoms with E-state index < -0.39 is 0 Å². The minimum absolute atomic E-state index is 0.675. The number of fused-ring (bicyclic) bond motifs is 2. The van der Waals surface area contributed by atoms with Crippen molar-refractivity contribution in [3.8, 4) is 16.9 Å². The maximum atomic E-state index is 6.41. The molecule has 0 amide bonds. The fraction of sp³-hybridized carbons (Fsp3) is 0.324. The molecule has 1 aliphatic rings. The van der Waals surface area contributed by atoms with Crippen molar-refractivity contribution < 1.29 is 4.74 Å². The summed E-state index contributed by atoms with van der Waals surface area (Å²) >= 11 is 6.41. The summed E-state index contributed by atoms with van der Waals surface area (Å²) in [7, 11) is 0. The molecule has 190 valence electrons. The fourth-order valence-corrected chi connectivity index (χ4v) is 5.52. The van der Waals surface area contributed by atoms with Gasteiger partial charge in [-0.2, -0.15) is 0 Å². The SMILES string of the molecule is CCCCCCCCCCOc1ccc(C2=NCc3c2cc2ccc(Cl)cc2c3-c2ccccc2)cc1. The molecule has 0 unspecified atom stereocenters. The second kappa shape index (κ2) is 12.4. The van der Waals surface area contributed by atoms with E-state index >= 15 is 0 Å². The quantitative estimate of drug-likeness (QED) is 0.174. The highest BCUT2D eigenvalue weighted by molar-refractivity contribution is 6.31. The van der Waals surface area contributed by atoms with Crippen molar-refractivity contribution in [2.24, 2.45) is 4.99 Å². The highest BCUT2D eigenvalue weighted by atomic mass is 35.5. The molecule has 1 aliphatic heterocycles. The van der Waals surface area contributed by atoms with Crippen molar-refractivity contribution in [2.45, 2.75) is 64.8 Å². The molecule has 0 radical (unpaired) electrons. The lowest BCUT2D eigenvalue weighted by Gasteiger charge is -2.15. The van der Waals surface area contributed by atoms with Gasteiger partial charge in [-0.25, -0.2) is 0 Å². The molecule has 4 aromatic carbocycles. The zero-order chi connectivity index (χ0) is 25.5. The monoisotopic (exact) mass is 509 g/mol. The Balaban J connectivity index is 1.28. The number of nitrogens with zero attached hydrogens (tertiary/aromatic N) is 1. The topological polar surface area (TPSA) is 21.6 Å². The van der Waals surface area contributed by atoms with Crippen LogP contribution in [0.4, 0.5) is 0 Å². The number of aliphatic imine (C=N–C) groups is 1. The van der Waals surface area contributed by atoms with Gasteiger partial charge in [-0.05, 0) is 76.3 Å². The van der Waals surface area contributed by atoms with Crippen LogP contribution in [-0.4, -0.2) is 12.3 Å². The predicted octanol–water partition coefficient (Wildman–Crippen LogP) is 10.0. The summed E-state index contributed by atoms with van der Waals surface area (Å²) in [5.74, 6) is 0.934. The predicted molar refractivity (Wildman–Crippen MR) is 158 cm³/mol. The number of hydrogen-bond donors (Lipinski definition) is 0. The second-order valence-corrected chi connectivity index (χ2v) is 10.5. The summed E-state index contributed by atoms with van der Waals surface area (Å²) in [5, 5.41) is 3.12. The number of benzene rings is 4. The van der Waals surface area contributed by atoms with Crippen LogP contribution >= 0.6 is 11.6 Å². The number of ether oxygens (including phenoxy) is 1. The molecular weight excluding hydrogens is 474 g/mol. The van der Waals surface area contributed by atoms with Crippen molar-refractivity contribution in [3.63, 3.8) is 0 Å². The molecule has 0 spiro atoms. The summed E-state index contributed by atoms with van der Waals surface area (Å²) in [5.41, 5.74) is 7.10. The molecule has 4 aromatic rings. The van der Waals surface area contributed by atoms with E-state index in [2.05, 4.69) is 79.7 Å². The summed E-state index contributed by atoms with van der Waals surface area (Å²) in [6.07, 6.45) is 10.5. The zero-order valence-electron chi connectivity index (χ0n) is 21.8. The fourth-order valence-electron chi connectivity index (χ4n) is 5.35. The van der Waals surface area contributed by atoms with E-state index in [4.69, 9.17) is 21.3 Å². The Kier molecular flexibility index (Phi) is 8.58. The molecule has 5 rings (SSSR count). The largest absolute Gasteiger partial charge is 0.494 e. The minimum Gasteiger partial charge on any atom is -0.494 e. The second-order valence-electron chi connectivity index (χ2n) is 10.0. The summed E-state index contributed by atoms with van der Waals surface area (Å²) < 4.78 is 6.03. The van der Waals surface area contributed by atoms with Crippen LogP contribution < -0.4 is 4.74 Å². The number of unbranched alkanes of at least 4 members (excludes halogenated alkanes) is 7. The Bertz CT molecular complexity index is 1360. The molecule has 0 fully saturated rings. The van der Waals surface area contributed by atoms with Crippen LogP contribution in [0, 0.1) is 0 Å². The van der Waals surface area contributed by atoms with E-state index in [9.17, 15) is 0 Å². The third kappa shape index (κ3) is 6.08. The van der Waals surface area contributed by atoms with Crippen molar-refractivity contribution in [1.82, 2.24) is 0 Å². The molecule has 3 heteroatoms. The van der Waals surface area contributed by atoms with E-state index in [-0.39, 0.29) is 0 Å². The maximum Gasteiger partial charge on any atom is 0.119 e. The van der Waals surface area contributed by atoms with E-state index in [1.165, 1.54) is 78.0 Å². The minimum atomic E-state index is 0.675. The Labute approximate surface area is 226 Å². The highest BCUT2D eigenvalue weighted by Crippen LogP contribution is 2.39. The van der Waals surface area contributed by atoms with Gasteiger partial charge in [0, 0.05) is 16.1 Å². The molecule has 0 bridgehead atoms. The van der Waals surface area contributed by atoms with Gasteiger partial charge < -0.3 is 4.74 Å². The van der Waals surface area contributed by atoms with Gasteiger partial charge in [-0.3, -0.25) is 4.99 Å². The van der Waals surface area contributed by atoms with E-state index in [0.29, 0.717) is 6.54 Å². The van der Waals surface area contributed by atoms with Gasteiger partial charge in [0.1, 0.15) is 5.75 Å². The van der Waals surface area contributed by atoms with Crippen molar-refractivity contribution >= 4 is 28.1 Å². The van der Waals surface area contributed by atoms with E-state index in [0.717, 1.165) is 35.1 Å². The molecule has 0 aromatic heterocycles. The summed E-state index contributed by atoms with van der Waals surface area (Å²) in [4.78, 5) is 5.00. The first-order valence-corrected chi connectivity index (χ1v) is 14.2. The van der Waals surface area contributed by atoms with Crippen LogP contribution in [0.25, 0.3) is 21.9 Å². The maximum absolute atomic E-state index is 6.41. The van der Waals surface area contributed by atoms with Gasteiger partial charge in [0.25, 0.3) is 0 Å². The molecule has 0 saturated carbocycles. The smallest absolute Gasteiger partial charge is 0.119 e. The number of halogens is 1. The lowest BCUT2D eigenvalue weighted by molar-refractivity contribution is 0.304. The van der Waals surface area contributed by atoms with Crippen molar-refractivity contribution in [1.29, 1.82) is 0 Å². The van der Waals surface area contributed by atoms with Crippen LogP contribution in [0.3, 0.4) is 0 Å². The van der Waals surface area contributed by atoms with Gasteiger partial charge in [-0.1, -0.05) is 99.9 Å². The van der Waals surface area contributed by atoms with Gasteiger partial charge in [0.15, 0.2) is 0 Å². The Morgan fingerprint density at radius 3 is 2.24 bits per heavy atom. The van der Waals surface area contributed by atoms with Gasteiger partial charge >= 0.3 is 0 Å². The first-order valence-electron chi connectivity index (χ1n) is 13.8. The molecule has 0 N–H and O–H groups in total. The molecule has 2 nitrogen and oxygen atoms in total. The van der Waals surface area contributed by atoms with Gasteiger partial charge in [0.2, 0.25) is 0 Å². The highest BCUT2D eigenvalue weighted by Gasteiger charge is 2.23. The molecule has 37 heavy (non-hydrogen) atoms. The summed E-state index contributed by atoms with van der Waals surface area (Å²) in [6, 6.07) is 27.5. The van der Waals surface area contributed by atoms with E-state index in [1.54, 1.807) is 0 Å². The number of hydrogen-bond acceptors (Lipinski definition) is 2. The summed E-state index contributed by atoms with van der Waals surface area (Å²) in [6.45, 7) is 3.73. The third-order valence-electron chi connectivity index (χ3n) is 7.32. The molecule has 0 saturated heterocycles. The molecule has 0 atom stereocenters. The average molecular weight is 510 g/mol. The van der Waals surface area contributed by atoms with Gasteiger partial charge in [0.05, 0.1) is 18.9 Å². The standard InChI is InChI=1S/C34H36ClNO/c1-2-3-4-5-6-7-8-12-21-37-29-19-16-26(17-20-29)34-31-22-27-15-18-28(35)23-30(27)33(32(31)24-36-34)25-13-10-9-11-14-25/h9-11,13-20,22-23H,2-8,12,21,24H2,1H3. The Hall–Kier alpha value is -3.10. The van der Waals surface area contributed by atoms with Crippen molar-refractivity contribution in [3.05, 3.63) is 101 Å². The Morgan fingerprint density at radius 1 is 0.757 bits per heavy atom. The lowest BCUT2D eigenvalue weighted by Crippen LogP contribution is -2.03. The zero-order valence-corrected chi connectivity index (χ0v) is 22.6. The van der Waals surface area contributed by atoms with Crippen LogP contribution in [0.1, 0.15) is 75.0 Å². The normalized spacial score (nSPS) is 12.5. The van der Waals surface area contributed by atoms with Gasteiger partial charge in [-0.15, -0.1) is 0 Å². The van der Waals surface area contributed by atoms with Crippen molar-refractivity contribution in [2.75, 3.05) is 6.61 Å². The third-order valence-corrected chi connectivity index (χ3v) is 7.55. The van der Waals surface area contributed by atoms with Crippen LogP contribution in [0.5, 0.6) is 5.75 Å². The van der Waals surface area contributed by atoms with Crippen LogP contribution in [0.2, 0.25) is 5.02 Å². The first-order chi connectivity index (χ1) is 18.2. The van der Waals surface area contributed by atoms with Crippen LogP contribution in [-0.2, 0) is 6.54 Å². The van der Waals surface area contributed by atoms with E-state index in [1.807, 2.05) is 6.07 Å².